The molecule has 0 aliphatic rings. The minimum absolute atomic E-state index is 0.100. The van der Waals surface area contributed by atoms with Gasteiger partial charge in [-0.3, -0.25) is 11.3 Å². The zero-order chi connectivity index (χ0) is 12.2. The molecule has 7 heteroatoms. The van der Waals surface area contributed by atoms with Gasteiger partial charge in [0.15, 0.2) is 0 Å². The molecule has 0 spiro atoms. The van der Waals surface area contributed by atoms with E-state index >= 15 is 0 Å². The summed E-state index contributed by atoms with van der Waals surface area (Å²) in [5.74, 6) is 5.82. The summed E-state index contributed by atoms with van der Waals surface area (Å²) >= 11 is 1.32. The normalized spacial score (nSPS) is 13.8. The van der Waals surface area contributed by atoms with Crippen LogP contribution >= 0.6 is 11.3 Å². The van der Waals surface area contributed by atoms with Crippen molar-refractivity contribution in [2.45, 2.75) is 25.1 Å². The van der Waals surface area contributed by atoms with Crippen LogP contribution in [0.25, 0.3) is 0 Å². The fourth-order valence-electron chi connectivity index (χ4n) is 1.33. The van der Waals surface area contributed by atoms with Gasteiger partial charge in [-0.25, -0.2) is 0 Å². The molecule has 0 aliphatic heterocycles. The van der Waals surface area contributed by atoms with Gasteiger partial charge in [-0.2, -0.15) is 13.2 Å². The maximum absolute atomic E-state index is 12.1. The number of rotatable bonds is 5. The molecular weight excluding hydrogens is 241 g/mol. The van der Waals surface area contributed by atoms with E-state index in [4.69, 9.17) is 10.6 Å². The minimum Gasteiger partial charge on any atom is -0.496 e. The fraction of sp³-hybridized carbons (Fsp3) is 0.556. The van der Waals surface area contributed by atoms with Gasteiger partial charge in [0.05, 0.1) is 18.0 Å². The van der Waals surface area contributed by atoms with Crippen molar-refractivity contribution in [3.8, 4) is 5.75 Å². The molecular formula is C9H13F3N2OS. The molecule has 3 nitrogen and oxygen atoms in total. The van der Waals surface area contributed by atoms with Gasteiger partial charge in [-0.1, -0.05) is 0 Å². The highest BCUT2D eigenvalue weighted by atomic mass is 32.1. The van der Waals surface area contributed by atoms with Crippen LogP contribution in [0, 0.1) is 0 Å². The van der Waals surface area contributed by atoms with E-state index in [1.807, 2.05) is 0 Å². The summed E-state index contributed by atoms with van der Waals surface area (Å²) in [6.07, 6.45) is -5.14. The number of nitrogens with one attached hydrogen (secondary N) is 1. The van der Waals surface area contributed by atoms with Crippen LogP contribution in [-0.4, -0.2) is 13.3 Å². The van der Waals surface area contributed by atoms with E-state index in [1.165, 1.54) is 18.4 Å². The van der Waals surface area contributed by atoms with E-state index in [-0.39, 0.29) is 6.42 Å². The zero-order valence-electron chi connectivity index (χ0n) is 8.67. The van der Waals surface area contributed by atoms with Gasteiger partial charge in [-0.05, 0) is 17.9 Å². The summed E-state index contributed by atoms with van der Waals surface area (Å²) in [4.78, 5) is 0.689. The van der Waals surface area contributed by atoms with E-state index in [0.717, 1.165) is 0 Å². The number of hydrogen-bond donors (Lipinski definition) is 2. The molecule has 0 saturated heterocycles. The van der Waals surface area contributed by atoms with Crippen LogP contribution < -0.4 is 16.0 Å². The van der Waals surface area contributed by atoms with E-state index in [0.29, 0.717) is 10.6 Å². The molecule has 16 heavy (non-hydrogen) atoms. The topological polar surface area (TPSA) is 47.3 Å². The van der Waals surface area contributed by atoms with Crippen molar-refractivity contribution >= 4 is 11.3 Å². The molecule has 0 amide bonds. The Hall–Kier alpha value is -0.790. The summed E-state index contributed by atoms with van der Waals surface area (Å²) in [6, 6.07) is 1.18. The number of thiophene rings is 1. The number of ether oxygens (including phenoxy) is 1. The number of nitrogens with two attached hydrogens (primary N) is 1. The van der Waals surface area contributed by atoms with E-state index in [2.05, 4.69) is 5.43 Å². The van der Waals surface area contributed by atoms with E-state index in [1.54, 1.807) is 11.4 Å². The Bertz CT molecular complexity index is 327. The molecule has 1 rings (SSSR count). The molecule has 3 N–H and O–H groups in total. The highest BCUT2D eigenvalue weighted by molar-refractivity contribution is 7.10. The Labute approximate surface area is 95.4 Å². The van der Waals surface area contributed by atoms with Gasteiger partial charge in [0.25, 0.3) is 0 Å². The predicted molar refractivity (Wildman–Crippen MR) is 56.2 cm³/mol. The standard InChI is InChI=1S/C9H13F3N2OS/c1-15-7-3-5-16-8(7)6(14-13)2-4-9(10,11)12/h3,5-6,14H,2,4,13H2,1H3. The quantitative estimate of drug-likeness (QED) is 0.627. The lowest BCUT2D eigenvalue weighted by atomic mass is 10.1. The van der Waals surface area contributed by atoms with Crippen molar-refractivity contribution < 1.29 is 17.9 Å². The van der Waals surface area contributed by atoms with Crippen molar-refractivity contribution in [1.82, 2.24) is 5.43 Å². The van der Waals surface area contributed by atoms with Crippen molar-refractivity contribution in [2.24, 2.45) is 5.84 Å². The first-order chi connectivity index (χ1) is 7.48. The van der Waals surface area contributed by atoms with Crippen LogP contribution in [0.1, 0.15) is 23.8 Å². The lowest BCUT2D eigenvalue weighted by Crippen LogP contribution is -2.28. The maximum Gasteiger partial charge on any atom is 0.389 e. The van der Waals surface area contributed by atoms with Gasteiger partial charge in [0, 0.05) is 6.42 Å². The zero-order valence-corrected chi connectivity index (χ0v) is 9.49. The molecule has 1 aromatic rings. The van der Waals surface area contributed by atoms with Crippen molar-refractivity contribution in [1.29, 1.82) is 0 Å². The first kappa shape index (κ1) is 13.3. The predicted octanol–water partition coefficient (Wildman–Crippen LogP) is 2.60. The molecule has 1 atom stereocenters. The lowest BCUT2D eigenvalue weighted by Gasteiger charge is -2.16. The summed E-state index contributed by atoms with van der Waals surface area (Å²) in [6.45, 7) is 0. The summed E-state index contributed by atoms with van der Waals surface area (Å²) < 4.78 is 41.3. The van der Waals surface area contributed by atoms with Crippen molar-refractivity contribution in [3.63, 3.8) is 0 Å². The van der Waals surface area contributed by atoms with Gasteiger partial charge in [-0.15, -0.1) is 11.3 Å². The summed E-state index contributed by atoms with van der Waals surface area (Å²) in [5, 5.41) is 1.76. The molecule has 0 aliphatic carbocycles. The molecule has 0 aromatic carbocycles. The van der Waals surface area contributed by atoms with Gasteiger partial charge < -0.3 is 4.74 Å². The van der Waals surface area contributed by atoms with Crippen LogP contribution in [0.4, 0.5) is 13.2 Å². The second kappa shape index (κ2) is 5.51. The van der Waals surface area contributed by atoms with Gasteiger partial charge in [0.2, 0.25) is 0 Å². The van der Waals surface area contributed by atoms with E-state index in [9.17, 15) is 13.2 Å². The second-order valence-corrected chi connectivity index (χ2v) is 4.17. The van der Waals surface area contributed by atoms with Crippen LogP contribution in [0.3, 0.4) is 0 Å². The summed E-state index contributed by atoms with van der Waals surface area (Å²) in [7, 11) is 1.48. The first-order valence-electron chi connectivity index (χ1n) is 4.62. The Morgan fingerprint density at radius 2 is 2.25 bits per heavy atom. The molecule has 0 bridgehead atoms. The van der Waals surface area contributed by atoms with Gasteiger partial charge >= 0.3 is 6.18 Å². The number of hydrazine groups is 1. The Morgan fingerprint density at radius 3 is 2.75 bits per heavy atom. The molecule has 0 radical (unpaired) electrons. The minimum atomic E-state index is -4.17. The molecule has 1 heterocycles. The number of hydrogen-bond acceptors (Lipinski definition) is 4. The number of methoxy groups -OCH3 is 1. The first-order valence-corrected chi connectivity index (χ1v) is 5.50. The molecule has 0 fully saturated rings. The second-order valence-electron chi connectivity index (χ2n) is 3.23. The van der Waals surface area contributed by atoms with Gasteiger partial charge in [0.1, 0.15) is 5.75 Å². The molecule has 0 saturated carbocycles. The third-order valence-electron chi connectivity index (χ3n) is 2.11. The Balaban J connectivity index is 2.67. The van der Waals surface area contributed by atoms with E-state index < -0.39 is 18.6 Å². The molecule has 92 valence electrons. The monoisotopic (exact) mass is 254 g/mol. The fourth-order valence-corrected chi connectivity index (χ4v) is 2.29. The third kappa shape index (κ3) is 3.66. The Morgan fingerprint density at radius 1 is 1.56 bits per heavy atom. The molecule has 1 aromatic heterocycles. The molecule has 1 unspecified atom stereocenters. The van der Waals surface area contributed by atoms with Crippen LogP contribution in [0.2, 0.25) is 0 Å². The highest BCUT2D eigenvalue weighted by Crippen LogP contribution is 2.35. The van der Waals surface area contributed by atoms with Crippen LogP contribution in [-0.2, 0) is 0 Å². The Kier molecular flexibility index (Phi) is 4.57. The van der Waals surface area contributed by atoms with Crippen molar-refractivity contribution in [3.05, 3.63) is 16.3 Å². The highest BCUT2D eigenvalue weighted by Gasteiger charge is 2.29. The van der Waals surface area contributed by atoms with Crippen molar-refractivity contribution in [2.75, 3.05) is 7.11 Å². The smallest absolute Gasteiger partial charge is 0.389 e. The lowest BCUT2D eigenvalue weighted by molar-refractivity contribution is -0.136. The average molecular weight is 254 g/mol. The van der Waals surface area contributed by atoms with Crippen LogP contribution in [0.5, 0.6) is 5.75 Å². The largest absolute Gasteiger partial charge is 0.496 e. The SMILES string of the molecule is COc1ccsc1C(CCC(F)(F)F)NN. The maximum atomic E-state index is 12.1. The number of alkyl halides is 3. The number of halogens is 3. The summed E-state index contributed by atoms with van der Waals surface area (Å²) in [5.41, 5.74) is 2.38. The van der Waals surface area contributed by atoms with Crippen LogP contribution in [0.15, 0.2) is 11.4 Å². The average Bonchev–Trinajstić information content (AvgIpc) is 2.65. The third-order valence-corrected chi connectivity index (χ3v) is 3.12.